The molecule has 1 aliphatic rings. The zero-order valence-electron chi connectivity index (χ0n) is 9.68. The molecule has 1 aromatic carbocycles. The van der Waals surface area contributed by atoms with Crippen LogP contribution in [-0.2, 0) is 14.3 Å². The summed E-state index contributed by atoms with van der Waals surface area (Å²) in [5.74, 6) is -3.92. The van der Waals surface area contributed by atoms with Crippen molar-refractivity contribution in [2.24, 2.45) is 5.92 Å². The lowest BCUT2D eigenvalue weighted by Crippen LogP contribution is -2.41. The highest BCUT2D eigenvalue weighted by molar-refractivity contribution is 6.33. The standard InChI is InChI=1S/C12H10ClNO5/c13-6-1-2-7-8(5-6)14-11(17)9(10(7)16)12(18)19-4-3-15/h1-2,5,9,15H,3-4H2,(H,14,17). The van der Waals surface area contributed by atoms with Gasteiger partial charge in [0.2, 0.25) is 5.91 Å². The van der Waals surface area contributed by atoms with Crippen LogP contribution >= 0.6 is 11.6 Å². The lowest BCUT2D eigenvalue weighted by Gasteiger charge is -2.22. The van der Waals surface area contributed by atoms with Crippen molar-refractivity contribution in [1.82, 2.24) is 0 Å². The number of ether oxygens (including phenoxy) is 1. The molecule has 19 heavy (non-hydrogen) atoms. The summed E-state index contributed by atoms with van der Waals surface area (Å²) in [6.07, 6.45) is 0. The van der Waals surface area contributed by atoms with Crippen molar-refractivity contribution < 1.29 is 24.2 Å². The van der Waals surface area contributed by atoms with E-state index in [1.807, 2.05) is 0 Å². The molecule has 1 aliphatic heterocycles. The molecule has 1 aromatic rings. The number of hydrogen-bond acceptors (Lipinski definition) is 5. The van der Waals surface area contributed by atoms with Crippen molar-refractivity contribution >= 4 is 34.9 Å². The Morgan fingerprint density at radius 2 is 2.16 bits per heavy atom. The molecule has 0 aromatic heterocycles. The molecule has 100 valence electrons. The maximum atomic E-state index is 12.1. The lowest BCUT2D eigenvalue weighted by atomic mass is 9.92. The minimum Gasteiger partial charge on any atom is -0.462 e. The number of aliphatic hydroxyl groups is 1. The van der Waals surface area contributed by atoms with Gasteiger partial charge in [-0.05, 0) is 18.2 Å². The number of amides is 1. The smallest absolute Gasteiger partial charge is 0.326 e. The number of ketones is 1. The van der Waals surface area contributed by atoms with Crippen LogP contribution < -0.4 is 5.32 Å². The van der Waals surface area contributed by atoms with Crippen LogP contribution in [0.15, 0.2) is 18.2 Å². The monoisotopic (exact) mass is 283 g/mol. The topological polar surface area (TPSA) is 92.7 Å². The second-order valence-corrected chi connectivity index (χ2v) is 4.30. The molecule has 1 amide bonds. The predicted molar refractivity (Wildman–Crippen MR) is 65.9 cm³/mol. The highest BCUT2D eigenvalue weighted by atomic mass is 35.5. The average Bonchev–Trinajstić information content (AvgIpc) is 2.35. The van der Waals surface area contributed by atoms with Crippen molar-refractivity contribution in [3.8, 4) is 0 Å². The molecule has 0 bridgehead atoms. The Labute approximate surface area is 113 Å². The first kappa shape index (κ1) is 13.5. The molecule has 1 unspecified atom stereocenters. The maximum Gasteiger partial charge on any atom is 0.326 e. The summed E-state index contributed by atoms with van der Waals surface area (Å²) in [5.41, 5.74) is 0.476. The van der Waals surface area contributed by atoms with E-state index < -0.39 is 23.6 Å². The molecular formula is C12H10ClNO5. The van der Waals surface area contributed by atoms with E-state index in [1.165, 1.54) is 18.2 Å². The predicted octanol–water partition coefficient (Wildman–Crippen LogP) is 0.626. The normalized spacial score (nSPS) is 17.7. The van der Waals surface area contributed by atoms with Gasteiger partial charge in [0.25, 0.3) is 0 Å². The third-order valence-corrected chi connectivity index (χ3v) is 2.84. The lowest BCUT2D eigenvalue weighted by molar-refractivity contribution is -0.150. The van der Waals surface area contributed by atoms with Gasteiger partial charge in [0.05, 0.1) is 12.3 Å². The number of hydrogen-bond donors (Lipinski definition) is 2. The molecule has 0 spiro atoms. The maximum absolute atomic E-state index is 12.1. The number of benzene rings is 1. The van der Waals surface area contributed by atoms with Gasteiger partial charge in [0.1, 0.15) is 6.61 Å². The third kappa shape index (κ3) is 2.59. The van der Waals surface area contributed by atoms with E-state index in [2.05, 4.69) is 10.1 Å². The first-order valence-electron chi connectivity index (χ1n) is 5.46. The van der Waals surface area contributed by atoms with Gasteiger partial charge in [0.15, 0.2) is 11.7 Å². The van der Waals surface area contributed by atoms with E-state index in [9.17, 15) is 14.4 Å². The van der Waals surface area contributed by atoms with Gasteiger partial charge >= 0.3 is 5.97 Å². The SMILES string of the molecule is O=C1Nc2cc(Cl)ccc2C(=O)C1C(=O)OCCO. The van der Waals surface area contributed by atoms with E-state index >= 15 is 0 Å². The number of fused-ring (bicyclic) bond motifs is 1. The molecule has 0 aliphatic carbocycles. The molecule has 7 heteroatoms. The van der Waals surface area contributed by atoms with Crippen LogP contribution in [0.4, 0.5) is 5.69 Å². The fourth-order valence-electron chi connectivity index (χ4n) is 1.76. The van der Waals surface area contributed by atoms with E-state index in [-0.39, 0.29) is 24.5 Å². The summed E-state index contributed by atoms with van der Waals surface area (Å²) in [4.78, 5) is 35.4. The molecule has 0 saturated heterocycles. The fraction of sp³-hybridized carbons (Fsp3) is 0.250. The summed E-state index contributed by atoms with van der Waals surface area (Å²) >= 11 is 5.76. The molecule has 2 rings (SSSR count). The van der Waals surface area contributed by atoms with Gasteiger partial charge in [-0.2, -0.15) is 0 Å². The van der Waals surface area contributed by atoms with Crippen LogP contribution in [0.3, 0.4) is 0 Å². The van der Waals surface area contributed by atoms with Gasteiger partial charge in [-0.15, -0.1) is 0 Å². The Morgan fingerprint density at radius 3 is 2.84 bits per heavy atom. The molecule has 0 fully saturated rings. The number of rotatable bonds is 3. The molecule has 1 heterocycles. The van der Waals surface area contributed by atoms with Gasteiger partial charge < -0.3 is 15.2 Å². The number of carbonyl (C=O) groups excluding carboxylic acids is 3. The molecular weight excluding hydrogens is 274 g/mol. The summed E-state index contributed by atoms with van der Waals surface area (Å²) in [5, 5.41) is 11.4. The molecule has 0 radical (unpaired) electrons. The Hall–Kier alpha value is -1.92. The highest BCUT2D eigenvalue weighted by Gasteiger charge is 2.40. The largest absolute Gasteiger partial charge is 0.462 e. The number of nitrogens with one attached hydrogen (secondary N) is 1. The van der Waals surface area contributed by atoms with Crippen molar-refractivity contribution in [2.75, 3.05) is 18.5 Å². The molecule has 1 atom stereocenters. The first-order chi connectivity index (χ1) is 9.04. The van der Waals surface area contributed by atoms with Crippen molar-refractivity contribution in [3.05, 3.63) is 28.8 Å². The summed E-state index contributed by atoms with van der Waals surface area (Å²) in [7, 11) is 0. The zero-order valence-corrected chi connectivity index (χ0v) is 10.4. The summed E-state index contributed by atoms with van der Waals surface area (Å²) < 4.78 is 4.61. The van der Waals surface area contributed by atoms with Crippen molar-refractivity contribution in [1.29, 1.82) is 0 Å². The van der Waals surface area contributed by atoms with Crippen LogP contribution in [-0.4, -0.2) is 36.0 Å². The molecule has 2 N–H and O–H groups in total. The quantitative estimate of drug-likeness (QED) is 0.627. The van der Waals surface area contributed by atoms with Crippen molar-refractivity contribution in [3.63, 3.8) is 0 Å². The van der Waals surface area contributed by atoms with Crippen LogP contribution in [0.1, 0.15) is 10.4 Å². The second kappa shape index (κ2) is 5.38. The van der Waals surface area contributed by atoms with Crippen LogP contribution in [0, 0.1) is 5.92 Å². The van der Waals surface area contributed by atoms with E-state index in [0.717, 1.165) is 0 Å². The van der Waals surface area contributed by atoms with Gasteiger partial charge in [-0.25, -0.2) is 0 Å². The Balaban J connectivity index is 2.30. The number of esters is 1. The number of aliphatic hydroxyl groups excluding tert-OH is 1. The van der Waals surface area contributed by atoms with E-state index in [4.69, 9.17) is 16.7 Å². The Bertz CT molecular complexity index is 557. The third-order valence-electron chi connectivity index (χ3n) is 2.60. The van der Waals surface area contributed by atoms with Crippen molar-refractivity contribution in [2.45, 2.75) is 0 Å². The molecule has 0 saturated carbocycles. The number of Topliss-reactive ketones (excluding diaryl/α,β-unsaturated/α-hetero) is 1. The number of halogens is 1. The van der Waals surface area contributed by atoms with Gasteiger partial charge in [-0.3, -0.25) is 14.4 Å². The van der Waals surface area contributed by atoms with Crippen LogP contribution in [0.5, 0.6) is 0 Å². The van der Waals surface area contributed by atoms with Crippen LogP contribution in [0.2, 0.25) is 5.02 Å². The number of carbonyl (C=O) groups is 3. The highest BCUT2D eigenvalue weighted by Crippen LogP contribution is 2.28. The number of anilines is 1. The van der Waals surface area contributed by atoms with E-state index in [1.54, 1.807) is 0 Å². The second-order valence-electron chi connectivity index (χ2n) is 3.87. The zero-order chi connectivity index (χ0) is 14.0. The Morgan fingerprint density at radius 1 is 1.42 bits per heavy atom. The Kier molecular flexibility index (Phi) is 3.82. The summed E-state index contributed by atoms with van der Waals surface area (Å²) in [6.45, 7) is -0.635. The van der Waals surface area contributed by atoms with Gasteiger partial charge in [-0.1, -0.05) is 11.6 Å². The summed E-state index contributed by atoms with van der Waals surface area (Å²) in [6, 6.07) is 4.36. The van der Waals surface area contributed by atoms with E-state index in [0.29, 0.717) is 5.02 Å². The first-order valence-corrected chi connectivity index (χ1v) is 5.84. The average molecular weight is 284 g/mol. The van der Waals surface area contributed by atoms with Crippen LogP contribution in [0.25, 0.3) is 0 Å². The molecule has 6 nitrogen and oxygen atoms in total. The fourth-order valence-corrected chi connectivity index (χ4v) is 1.93. The minimum absolute atomic E-state index is 0.204. The van der Waals surface area contributed by atoms with Gasteiger partial charge in [0, 0.05) is 10.6 Å². The minimum atomic E-state index is -1.54.